The minimum atomic E-state index is 0.189. The molecule has 0 aliphatic heterocycles. The molecule has 0 saturated carbocycles. The normalized spacial score (nSPS) is 15.4. The third kappa shape index (κ3) is 3.34. The second kappa shape index (κ2) is 5.87. The maximum atomic E-state index is 5.89. The average molecular weight is 231 g/mol. The maximum Gasteiger partial charge on any atom is 0.120 e. The van der Waals surface area contributed by atoms with E-state index in [4.69, 9.17) is 4.74 Å². The van der Waals surface area contributed by atoms with Crippen LogP contribution in [0.1, 0.15) is 24.5 Å². The lowest BCUT2D eigenvalue weighted by Crippen LogP contribution is -2.28. The van der Waals surface area contributed by atoms with Crippen molar-refractivity contribution in [3.05, 3.63) is 42.0 Å². The molecule has 2 heteroatoms. The van der Waals surface area contributed by atoms with E-state index in [1.807, 2.05) is 6.08 Å². The van der Waals surface area contributed by atoms with Crippen molar-refractivity contribution in [3.63, 3.8) is 0 Å². The molecule has 1 N–H and O–H groups in total. The summed E-state index contributed by atoms with van der Waals surface area (Å²) in [7, 11) is 0. The zero-order valence-electron chi connectivity index (χ0n) is 10.5. The summed E-state index contributed by atoms with van der Waals surface area (Å²) >= 11 is 0. The Kier molecular flexibility index (Phi) is 4.21. The van der Waals surface area contributed by atoms with E-state index in [0.717, 1.165) is 18.8 Å². The standard InChI is InChI=1S/C15H21NO/c1-3-9-16-11-12(2)17-15-8-7-13-5-4-6-14(13)10-15/h3,7-8,10,12,16H,1,4-6,9,11H2,2H3. The first-order valence-electron chi connectivity index (χ1n) is 6.39. The Morgan fingerprint density at radius 2 is 2.24 bits per heavy atom. The van der Waals surface area contributed by atoms with Crippen LogP contribution in [0.3, 0.4) is 0 Å². The minimum absolute atomic E-state index is 0.189. The molecule has 0 radical (unpaired) electrons. The van der Waals surface area contributed by atoms with E-state index in [1.165, 1.54) is 30.4 Å². The van der Waals surface area contributed by atoms with Gasteiger partial charge < -0.3 is 10.1 Å². The van der Waals surface area contributed by atoms with Crippen molar-refractivity contribution < 1.29 is 4.74 Å². The van der Waals surface area contributed by atoms with Gasteiger partial charge in [-0.25, -0.2) is 0 Å². The smallest absolute Gasteiger partial charge is 0.120 e. The number of fused-ring (bicyclic) bond motifs is 1. The molecule has 0 spiro atoms. The molecule has 2 nitrogen and oxygen atoms in total. The van der Waals surface area contributed by atoms with Gasteiger partial charge in [0.2, 0.25) is 0 Å². The van der Waals surface area contributed by atoms with Gasteiger partial charge in [-0.3, -0.25) is 0 Å². The molecule has 1 aromatic carbocycles. The van der Waals surface area contributed by atoms with Gasteiger partial charge in [0.05, 0.1) is 0 Å². The van der Waals surface area contributed by atoms with Crippen LogP contribution in [0.4, 0.5) is 0 Å². The number of aryl methyl sites for hydroxylation is 2. The fraction of sp³-hybridized carbons (Fsp3) is 0.467. The summed E-state index contributed by atoms with van der Waals surface area (Å²) in [6.07, 6.45) is 5.77. The van der Waals surface area contributed by atoms with Crippen LogP contribution in [0.15, 0.2) is 30.9 Å². The molecule has 2 rings (SSSR count). The van der Waals surface area contributed by atoms with Gasteiger partial charge in [-0.1, -0.05) is 12.1 Å². The lowest BCUT2D eigenvalue weighted by molar-refractivity contribution is 0.219. The SMILES string of the molecule is C=CCNCC(C)Oc1ccc2c(c1)CCC2. The maximum absolute atomic E-state index is 5.89. The van der Waals surface area contributed by atoms with Crippen molar-refractivity contribution in [2.45, 2.75) is 32.3 Å². The second-order valence-electron chi connectivity index (χ2n) is 4.66. The number of ether oxygens (including phenoxy) is 1. The van der Waals surface area contributed by atoms with Gasteiger partial charge >= 0.3 is 0 Å². The van der Waals surface area contributed by atoms with Crippen LogP contribution < -0.4 is 10.1 Å². The Morgan fingerprint density at radius 1 is 1.41 bits per heavy atom. The molecule has 0 aromatic heterocycles. The van der Waals surface area contributed by atoms with E-state index in [1.54, 1.807) is 0 Å². The Morgan fingerprint density at radius 3 is 3.06 bits per heavy atom. The molecule has 0 fully saturated rings. The fourth-order valence-electron chi connectivity index (χ4n) is 2.28. The van der Waals surface area contributed by atoms with Crippen LogP contribution in [0.5, 0.6) is 5.75 Å². The number of hydrogen-bond donors (Lipinski definition) is 1. The molecule has 0 heterocycles. The van der Waals surface area contributed by atoms with E-state index < -0.39 is 0 Å². The van der Waals surface area contributed by atoms with E-state index >= 15 is 0 Å². The van der Waals surface area contributed by atoms with E-state index in [-0.39, 0.29) is 6.10 Å². The quantitative estimate of drug-likeness (QED) is 0.600. The molecule has 1 aliphatic carbocycles. The fourth-order valence-corrected chi connectivity index (χ4v) is 2.28. The first kappa shape index (κ1) is 12.2. The Labute approximate surface area is 104 Å². The molecule has 0 saturated heterocycles. The van der Waals surface area contributed by atoms with Crippen LogP contribution in [-0.4, -0.2) is 19.2 Å². The van der Waals surface area contributed by atoms with Crippen LogP contribution in [-0.2, 0) is 12.8 Å². The first-order valence-corrected chi connectivity index (χ1v) is 6.39. The van der Waals surface area contributed by atoms with Gasteiger partial charge in [-0.2, -0.15) is 0 Å². The van der Waals surface area contributed by atoms with E-state index in [9.17, 15) is 0 Å². The highest BCUT2D eigenvalue weighted by atomic mass is 16.5. The van der Waals surface area contributed by atoms with Crippen molar-refractivity contribution >= 4 is 0 Å². The van der Waals surface area contributed by atoms with Crippen LogP contribution in [0.2, 0.25) is 0 Å². The van der Waals surface area contributed by atoms with Crippen LogP contribution in [0, 0.1) is 0 Å². The summed E-state index contributed by atoms with van der Waals surface area (Å²) in [5.74, 6) is 0.999. The summed E-state index contributed by atoms with van der Waals surface area (Å²) in [4.78, 5) is 0. The zero-order chi connectivity index (χ0) is 12.1. The van der Waals surface area contributed by atoms with Crippen molar-refractivity contribution in [3.8, 4) is 5.75 Å². The number of benzene rings is 1. The summed E-state index contributed by atoms with van der Waals surface area (Å²) in [6, 6.07) is 6.50. The average Bonchev–Trinajstić information content (AvgIpc) is 2.76. The number of hydrogen-bond acceptors (Lipinski definition) is 2. The highest BCUT2D eigenvalue weighted by Crippen LogP contribution is 2.26. The summed E-state index contributed by atoms with van der Waals surface area (Å²) in [5, 5.41) is 3.26. The molecule has 1 aliphatic rings. The predicted octanol–water partition coefficient (Wildman–Crippen LogP) is 2.72. The van der Waals surface area contributed by atoms with Crippen molar-refractivity contribution in [2.75, 3.05) is 13.1 Å². The molecule has 0 bridgehead atoms. The van der Waals surface area contributed by atoms with Crippen molar-refractivity contribution in [1.82, 2.24) is 5.32 Å². The van der Waals surface area contributed by atoms with Gasteiger partial charge in [-0.05, 0) is 49.4 Å². The van der Waals surface area contributed by atoms with Crippen LogP contribution >= 0.6 is 0 Å². The Hall–Kier alpha value is -1.28. The second-order valence-corrected chi connectivity index (χ2v) is 4.66. The summed E-state index contributed by atoms with van der Waals surface area (Å²) in [5.41, 5.74) is 2.96. The lowest BCUT2D eigenvalue weighted by atomic mass is 10.1. The zero-order valence-corrected chi connectivity index (χ0v) is 10.5. The predicted molar refractivity (Wildman–Crippen MR) is 71.6 cm³/mol. The van der Waals surface area contributed by atoms with Gasteiger partial charge in [0.15, 0.2) is 0 Å². The molecule has 1 unspecified atom stereocenters. The Balaban J connectivity index is 1.88. The topological polar surface area (TPSA) is 21.3 Å². The highest BCUT2D eigenvalue weighted by Gasteiger charge is 2.12. The molecular weight excluding hydrogens is 210 g/mol. The third-order valence-corrected chi connectivity index (χ3v) is 3.13. The first-order chi connectivity index (χ1) is 8.29. The largest absolute Gasteiger partial charge is 0.489 e. The number of nitrogens with one attached hydrogen (secondary N) is 1. The van der Waals surface area contributed by atoms with Gasteiger partial charge in [0, 0.05) is 13.1 Å². The molecule has 0 amide bonds. The molecule has 1 aromatic rings. The van der Waals surface area contributed by atoms with Crippen LogP contribution in [0.25, 0.3) is 0 Å². The summed E-state index contributed by atoms with van der Waals surface area (Å²) in [6.45, 7) is 7.45. The number of rotatable bonds is 6. The van der Waals surface area contributed by atoms with Gasteiger partial charge in [0.1, 0.15) is 11.9 Å². The lowest BCUT2D eigenvalue weighted by Gasteiger charge is -2.15. The summed E-state index contributed by atoms with van der Waals surface area (Å²) < 4.78 is 5.89. The minimum Gasteiger partial charge on any atom is -0.489 e. The monoisotopic (exact) mass is 231 g/mol. The van der Waals surface area contributed by atoms with E-state index in [0.29, 0.717) is 0 Å². The van der Waals surface area contributed by atoms with E-state index in [2.05, 4.69) is 37.0 Å². The van der Waals surface area contributed by atoms with Gasteiger partial charge in [-0.15, -0.1) is 6.58 Å². The molecular formula is C15H21NO. The van der Waals surface area contributed by atoms with Crippen molar-refractivity contribution in [2.24, 2.45) is 0 Å². The molecule has 1 atom stereocenters. The molecule has 92 valence electrons. The third-order valence-electron chi connectivity index (χ3n) is 3.13. The van der Waals surface area contributed by atoms with Gasteiger partial charge in [0.25, 0.3) is 0 Å². The Bertz CT molecular complexity index is 387. The highest BCUT2D eigenvalue weighted by molar-refractivity contribution is 5.38. The van der Waals surface area contributed by atoms with Crippen molar-refractivity contribution in [1.29, 1.82) is 0 Å². The molecule has 17 heavy (non-hydrogen) atoms.